The van der Waals surface area contributed by atoms with Crippen LogP contribution in [0.5, 0.6) is 0 Å². The van der Waals surface area contributed by atoms with Crippen LogP contribution in [0.4, 0.5) is 11.4 Å². The van der Waals surface area contributed by atoms with Gasteiger partial charge in [0, 0.05) is 22.8 Å². The predicted molar refractivity (Wildman–Crippen MR) is 156 cm³/mol. The Hall–Kier alpha value is -4.62. The molecule has 5 aromatic rings. The second kappa shape index (κ2) is 10.8. The lowest BCUT2D eigenvalue weighted by atomic mass is 9.97. The zero-order valence-electron chi connectivity index (χ0n) is 20.5. The maximum Gasteiger partial charge on any atom is 0.0534 e. The molecule has 0 saturated carbocycles. The van der Waals surface area contributed by atoms with Crippen LogP contribution < -0.4 is 4.90 Å². The summed E-state index contributed by atoms with van der Waals surface area (Å²) < 4.78 is 0. The summed E-state index contributed by atoms with van der Waals surface area (Å²) in [5.74, 6) is 0. The van der Waals surface area contributed by atoms with E-state index in [1.165, 1.54) is 33.0 Å². The van der Waals surface area contributed by atoms with Gasteiger partial charge in [0.05, 0.1) is 5.69 Å². The van der Waals surface area contributed by atoms with E-state index in [4.69, 9.17) is 0 Å². The van der Waals surface area contributed by atoms with E-state index >= 15 is 0 Å². The predicted octanol–water partition coefficient (Wildman–Crippen LogP) is 9.57. The molecule has 5 rings (SSSR count). The molecule has 0 saturated heterocycles. The number of aryl methyl sites for hydroxylation is 1. The van der Waals surface area contributed by atoms with E-state index < -0.39 is 0 Å². The van der Waals surface area contributed by atoms with E-state index in [1.54, 1.807) is 0 Å². The Morgan fingerprint density at radius 3 is 1.83 bits per heavy atom. The first-order valence-electron chi connectivity index (χ1n) is 12.2. The van der Waals surface area contributed by atoms with Crippen LogP contribution >= 0.6 is 0 Å². The Morgan fingerprint density at radius 2 is 1.22 bits per heavy atom. The van der Waals surface area contributed by atoms with E-state index in [9.17, 15) is 0 Å². The number of anilines is 2. The van der Waals surface area contributed by atoms with E-state index in [1.807, 2.05) is 12.2 Å². The molecule has 0 spiro atoms. The standard InChI is InChI=1S/C35H29N/c1-3-4-13-30-22-25-35(33-19-12-11-18-32(30)33)36(31-23-20-27(2)21-24-31)26-34(28-14-7-5-8-15-28)29-16-9-6-10-17-29/h3-26H,1H2,2H3. The summed E-state index contributed by atoms with van der Waals surface area (Å²) in [6.07, 6.45) is 8.19. The number of hydrogen-bond donors (Lipinski definition) is 0. The number of fused-ring (bicyclic) bond motifs is 1. The third-order valence-electron chi connectivity index (χ3n) is 6.35. The molecule has 0 aliphatic heterocycles. The molecule has 0 aliphatic carbocycles. The van der Waals surface area contributed by atoms with E-state index in [2.05, 4.69) is 152 Å². The Bertz CT molecular complexity index is 1480. The van der Waals surface area contributed by atoms with Gasteiger partial charge in [-0.1, -0.05) is 133 Å². The van der Waals surface area contributed by atoms with Crippen LogP contribution in [0.25, 0.3) is 22.4 Å². The molecular weight excluding hydrogens is 434 g/mol. The molecule has 0 unspecified atom stereocenters. The summed E-state index contributed by atoms with van der Waals surface area (Å²) in [7, 11) is 0. The number of hydrogen-bond acceptors (Lipinski definition) is 1. The number of benzene rings is 5. The second-order valence-electron chi connectivity index (χ2n) is 8.79. The zero-order chi connectivity index (χ0) is 24.7. The van der Waals surface area contributed by atoms with Crippen molar-refractivity contribution in [1.82, 2.24) is 0 Å². The highest BCUT2D eigenvalue weighted by molar-refractivity contribution is 6.02. The Labute approximate surface area is 214 Å². The minimum atomic E-state index is 1.12. The molecule has 0 N–H and O–H groups in total. The van der Waals surface area contributed by atoms with Crippen LogP contribution in [0, 0.1) is 6.92 Å². The molecule has 0 atom stereocenters. The highest BCUT2D eigenvalue weighted by Crippen LogP contribution is 2.37. The van der Waals surface area contributed by atoms with Crippen molar-refractivity contribution >= 4 is 33.8 Å². The topological polar surface area (TPSA) is 3.24 Å². The zero-order valence-corrected chi connectivity index (χ0v) is 20.5. The van der Waals surface area contributed by atoms with E-state index in [0.717, 1.165) is 16.9 Å². The van der Waals surface area contributed by atoms with Crippen molar-refractivity contribution in [2.24, 2.45) is 0 Å². The molecule has 0 heterocycles. The van der Waals surface area contributed by atoms with Gasteiger partial charge < -0.3 is 4.90 Å². The number of allylic oxidation sites excluding steroid dienone is 2. The lowest BCUT2D eigenvalue weighted by Gasteiger charge is -2.25. The summed E-state index contributed by atoms with van der Waals surface area (Å²) in [5.41, 5.74) is 8.18. The van der Waals surface area contributed by atoms with Crippen molar-refractivity contribution in [3.8, 4) is 0 Å². The first kappa shape index (κ1) is 23.1. The lowest BCUT2D eigenvalue weighted by Crippen LogP contribution is -2.11. The summed E-state index contributed by atoms with van der Waals surface area (Å²) >= 11 is 0. The van der Waals surface area contributed by atoms with Crippen LogP contribution in [0.2, 0.25) is 0 Å². The average Bonchev–Trinajstić information content (AvgIpc) is 2.94. The van der Waals surface area contributed by atoms with Crippen molar-refractivity contribution < 1.29 is 0 Å². The van der Waals surface area contributed by atoms with Gasteiger partial charge in [0.1, 0.15) is 0 Å². The molecule has 5 aromatic carbocycles. The smallest absolute Gasteiger partial charge is 0.0534 e. The first-order chi connectivity index (χ1) is 17.7. The molecule has 0 amide bonds. The van der Waals surface area contributed by atoms with Crippen LogP contribution in [0.15, 0.2) is 146 Å². The van der Waals surface area contributed by atoms with Crippen molar-refractivity contribution in [2.75, 3.05) is 4.90 Å². The SMILES string of the molecule is C=CC=Cc1ccc(N(C=C(c2ccccc2)c2ccccc2)c2ccc(C)cc2)c2ccccc12. The van der Waals surface area contributed by atoms with Crippen molar-refractivity contribution in [1.29, 1.82) is 0 Å². The highest BCUT2D eigenvalue weighted by atomic mass is 15.1. The van der Waals surface area contributed by atoms with Gasteiger partial charge >= 0.3 is 0 Å². The summed E-state index contributed by atoms with van der Waals surface area (Å²) in [6.45, 7) is 5.96. The Balaban J connectivity index is 1.78. The molecule has 0 aliphatic rings. The number of nitrogens with zero attached hydrogens (tertiary/aromatic N) is 1. The third-order valence-corrected chi connectivity index (χ3v) is 6.35. The van der Waals surface area contributed by atoms with Crippen LogP contribution in [0.1, 0.15) is 22.3 Å². The normalized spacial score (nSPS) is 10.9. The monoisotopic (exact) mass is 463 g/mol. The molecule has 36 heavy (non-hydrogen) atoms. The van der Waals surface area contributed by atoms with Crippen molar-refractivity contribution in [3.63, 3.8) is 0 Å². The molecule has 0 fully saturated rings. The van der Waals surface area contributed by atoms with Crippen molar-refractivity contribution in [2.45, 2.75) is 6.92 Å². The lowest BCUT2D eigenvalue weighted by molar-refractivity contribution is 1.28. The molecule has 0 aromatic heterocycles. The van der Waals surface area contributed by atoms with Gasteiger partial charge in [-0.3, -0.25) is 0 Å². The molecule has 1 heteroatoms. The van der Waals surface area contributed by atoms with E-state index in [-0.39, 0.29) is 0 Å². The first-order valence-corrected chi connectivity index (χ1v) is 12.2. The maximum absolute atomic E-state index is 3.84. The van der Waals surface area contributed by atoms with E-state index in [0.29, 0.717) is 0 Å². The second-order valence-corrected chi connectivity index (χ2v) is 8.79. The van der Waals surface area contributed by atoms with Crippen molar-refractivity contribution in [3.05, 3.63) is 169 Å². The molecule has 1 nitrogen and oxygen atoms in total. The quantitative estimate of drug-likeness (QED) is 0.217. The van der Waals surface area contributed by atoms with Gasteiger partial charge in [0.15, 0.2) is 0 Å². The van der Waals surface area contributed by atoms with Gasteiger partial charge in [0.25, 0.3) is 0 Å². The van der Waals surface area contributed by atoms with Crippen LogP contribution in [-0.2, 0) is 0 Å². The van der Waals surface area contributed by atoms with Crippen LogP contribution in [-0.4, -0.2) is 0 Å². The van der Waals surface area contributed by atoms with Gasteiger partial charge in [-0.05, 0) is 47.2 Å². The third kappa shape index (κ3) is 4.92. The largest absolute Gasteiger partial charge is 0.316 e. The number of rotatable bonds is 7. The summed E-state index contributed by atoms with van der Waals surface area (Å²) in [5, 5.41) is 2.40. The van der Waals surface area contributed by atoms with Gasteiger partial charge in [0.2, 0.25) is 0 Å². The molecule has 0 radical (unpaired) electrons. The minimum absolute atomic E-state index is 1.12. The molecular formula is C35H29N. The fraction of sp³-hybridized carbons (Fsp3) is 0.0286. The Kier molecular flexibility index (Phi) is 6.91. The average molecular weight is 464 g/mol. The fourth-order valence-corrected chi connectivity index (χ4v) is 4.50. The summed E-state index contributed by atoms with van der Waals surface area (Å²) in [4.78, 5) is 2.32. The Morgan fingerprint density at radius 1 is 0.639 bits per heavy atom. The van der Waals surface area contributed by atoms with Gasteiger partial charge in [-0.25, -0.2) is 0 Å². The molecule has 0 bridgehead atoms. The van der Waals surface area contributed by atoms with Crippen LogP contribution in [0.3, 0.4) is 0 Å². The van der Waals surface area contributed by atoms with Gasteiger partial charge in [-0.15, -0.1) is 0 Å². The maximum atomic E-state index is 3.84. The highest BCUT2D eigenvalue weighted by Gasteiger charge is 2.15. The van der Waals surface area contributed by atoms with Gasteiger partial charge in [-0.2, -0.15) is 0 Å². The fourth-order valence-electron chi connectivity index (χ4n) is 4.50. The minimum Gasteiger partial charge on any atom is -0.316 e. The molecule has 174 valence electrons. The summed E-state index contributed by atoms with van der Waals surface area (Å²) in [6, 6.07) is 42.9.